The number of nitrogens with zero attached hydrogens (tertiary/aromatic N) is 3. The summed E-state index contributed by atoms with van der Waals surface area (Å²) < 4.78 is 46.5. The molecule has 0 radical (unpaired) electrons. The van der Waals surface area contributed by atoms with Crippen LogP contribution in [0.1, 0.15) is 82.9 Å². The number of carbonyl (C=O) groups excluding carboxylic acids is 1. The Balaban J connectivity index is 1.75. The number of hydrogen-bond donors (Lipinski definition) is 1. The van der Waals surface area contributed by atoms with Gasteiger partial charge < -0.3 is 19.3 Å². The summed E-state index contributed by atoms with van der Waals surface area (Å²) in [5.74, 6) is -1.82. The van der Waals surface area contributed by atoms with Crippen molar-refractivity contribution in [2.24, 2.45) is 0 Å². The highest BCUT2D eigenvalue weighted by molar-refractivity contribution is 5.98. The van der Waals surface area contributed by atoms with Crippen molar-refractivity contribution in [1.29, 1.82) is 0 Å². The number of pyridine rings is 1. The van der Waals surface area contributed by atoms with E-state index >= 15 is 0 Å². The summed E-state index contributed by atoms with van der Waals surface area (Å²) in [4.78, 5) is 30.7. The highest BCUT2D eigenvalue weighted by atomic mass is 19.4. The van der Waals surface area contributed by atoms with E-state index < -0.39 is 29.9 Å². The van der Waals surface area contributed by atoms with E-state index in [9.17, 15) is 27.9 Å². The highest BCUT2D eigenvalue weighted by Crippen LogP contribution is 2.42. The second kappa shape index (κ2) is 8.81. The van der Waals surface area contributed by atoms with Crippen LogP contribution in [0.15, 0.2) is 24.4 Å². The number of carbonyl (C=O) groups is 2. The molecule has 4 heterocycles. The fraction of sp³-hybridized carbons (Fsp3) is 0.522. The number of amides is 1. The van der Waals surface area contributed by atoms with Crippen LogP contribution in [0.5, 0.6) is 0 Å². The third-order valence-electron chi connectivity index (χ3n) is 6.59. The number of rotatable bonds is 5. The van der Waals surface area contributed by atoms with Gasteiger partial charge in [-0.1, -0.05) is 13.0 Å². The van der Waals surface area contributed by atoms with Crippen LogP contribution in [-0.2, 0) is 17.5 Å². The molecule has 10 heteroatoms. The van der Waals surface area contributed by atoms with Crippen LogP contribution in [0.2, 0.25) is 0 Å². The Morgan fingerprint density at radius 2 is 2.06 bits per heavy atom. The molecule has 2 aromatic rings. The Bertz CT molecular complexity index is 1050. The first-order valence-corrected chi connectivity index (χ1v) is 11.1. The number of aromatic carboxylic acids is 1. The zero-order valence-electron chi connectivity index (χ0n) is 18.4. The molecule has 7 nitrogen and oxygen atoms in total. The maximum absolute atomic E-state index is 13.3. The molecule has 3 atom stereocenters. The SMILES string of the molecule is CC[C@H](c1ccc(C(F)(F)F)nc1)C1OCCn2c(C(=O)N3CCC[C@@H]3C)cc(C(=O)O)c21. The molecular weight excluding hydrogens is 439 g/mol. The van der Waals surface area contributed by atoms with Crippen LogP contribution in [0, 0.1) is 0 Å². The van der Waals surface area contributed by atoms with Gasteiger partial charge in [0.1, 0.15) is 17.5 Å². The number of carboxylic acid groups (broad SMARTS) is 1. The van der Waals surface area contributed by atoms with Gasteiger partial charge in [-0.05, 0) is 43.9 Å². The van der Waals surface area contributed by atoms with Gasteiger partial charge in [0.05, 0.1) is 17.9 Å². The van der Waals surface area contributed by atoms with E-state index in [0.29, 0.717) is 36.5 Å². The fourth-order valence-corrected chi connectivity index (χ4v) is 4.92. The average Bonchev–Trinajstić information content (AvgIpc) is 3.38. The predicted molar refractivity (Wildman–Crippen MR) is 112 cm³/mol. The van der Waals surface area contributed by atoms with Crippen molar-refractivity contribution in [2.75, 3.05) is 13.2 Å². The summed E-state index contributed by atoms with van der Waals surface area (Å²) in [6.07, 6.45) is -1.83. The lowest BCUT2D eigenvalue weighted by molar-refractivity contribution is -0.141. The maximum Gasteiger partial charge on any atom is 0.433 e. The molecule has 0 spiro atoms. The number of likely N-dealkylation sites (tertiary alicyclic amines) is 1. The molecule has 178 valence electrons. The molecule has 2 aliphatic heterocycles. The lowest BCUT2D eigenvalue weighted by atomic mass is 9.88. The molecule has 1 N–H and O–H groups in total. The average molecular weight is 465 g/mol. The summed E-state index contributed by atoms with van der Waals surface area (Å²) in [6, 6.07) is 3.76. The molecule has 0 aromatic carbocycles. The van der Waals surface area contributed by atoms with Gasteiger partial charge in [0.15, 0.2) is 0 Å². The number of fused-ring (bicyclic) bond motifs is 1. The van der Waals surface area contributed by atoms with Crippen LogP contribution in [0.25, 0.3) is 0 Å². The second-order valence-corrected chi connectivity index (χ2v) is 8.56. The van der Waals surface area contributed by atoms with Crippen LogP contribution in [-0.4, -0.2) is 50.6 Å². The first-order valence-electron chi connectivity index (χ1n) is 11.1. The minimum Gasteiger partial charge on any atom is -0.478 e. The number of aromatic nitrogens is 2. The van der Waals surface area contributed by atoms with Gasteiger partial charge in [-0.25, -0.2) is 4.79 Å². The molecule has 33 heavy (non-hydrogen) atoms. The van der Waals surface area contributed by atoms with Gasteiger partial charge in [0, 0.05) is 31.2 Å². The minimum absolute atomic E-state index is 0.0202. The summed E-state index contributed by atoms with van der Waals surface area (Å²) >= 11 is 0. The Kier molecular flexibility index (Phi) is 6.22. The predicted octanol–water partition coefficient (Wildman–Crippen LogP) is 4.49. The summed E-state index contributed by atoms with van der Waals surface area (Å²) in [7, 11) is 0. The number of hydrogen-bond acceptors (Lipinski definition) is 4. The third kappa shape index (κ3) is 4.23. The molecule has 2 aliphatic rings. The third-order valence-corrected chi connectivity index (χ3v) is 6.59. The Morgan fingerprint density at radius 3 is 2.61 bits per heavy atom. The van der Waals surface area contributed by atoms with E-state index in [1.165, 1.54) is 18.3 Å². The van der Waals surface area contributed by atoms with Gasteiger partial charge in [0.2, 0.25) is 0 Å². The normalized spacial score (nSPS) is 21.7. The monoisotopic (exact) mass is 465 g/mol. The van der Waals surface area contributed by atoms with E-state index in [-0.39, 0.29) is 24.1 Å². The molecule has 0 bridgehead atoms. The molecule has 0 aliphatic carbocycles. The van der Waals surface area contributed by atoms with E-state index in [1.807, 2.05) is 13.8 Å². The topological polar surface area (TPSA) is 84.7 Å². The second-order valence-electron chi connectivity index (χ2n) is 8.56. The van der Waals surface area contributed by atoms with Gasteiger partial charge in [-0.15, -0.1) is 0 Å². The number of alkyl halides is 3. The molecule has 1 fully saturated rings. The molecule has 1 saturated heterocycles. The van der Waals surface area contributed by atoms with Crippen LogP contribution in [0.3, 0.4) is 0 Å². The van der Waals surface area contributed by atoms with Gasteiger partial charge in [-0.2, -0.15) is 13.2 Å². The first kappa shape index (κ1) is 23.3. The van der Waals surface area contributed by atoms with E-state index in [0.717, 1.165) is 18.9 Å². The largest absolute Gasteiger partial charge is 0.478 e. The molecule has 2 aromatic heterocycles. The number of halogens is 3. The zero-order valence-corrected chi connectivity index (χ0v) is 18.4. The van der Waals surface area contributed by atoms with Gasteiger partial charge >= 0.3 is 12.1 Å². The van der Waals surface area contributed by atoms with E-state index in [1.54, 1.807) is 9.47 Å². The quantitative estimate of drug-likeness (QED) is 0.704. The maximum atomic E-state index is 13.3. The fourth-order valence-electron chi connectivity index (χ4n) is 4.92. The van der Waals surface area contributed by atoms with Crippen molar-refractivity contribution in [1.82, 2.24) is 14.5 Å². The van der Waals surface area contributed by atoms with E-state index in [2.05, 4.69) is 4.98 Å². The minimum atomic E-state index is -4.55. The van der Waals surface area contributed by atoms with Crippen LogP contribution >= 0.6 is 0 Å². The summed E-state index contributed by atoms with van der Waals surface area (Å²) in [6.45, 7) is 5.03. The molecule has 1 unspecified atom stereocenters. The smallest absolute Gasteiger partial charge is 0.433 e. The van der Waals surface area contributed by atoms with Crippen molar-refractivity contribution in [3.63, 3.8) is 0 Å². The lowest BCUT2D eigenvalue weighted by Gasteiger charge is -2.33. The number of ether oxygens (including phenoxy) is 1. The van der Waals surface area contributed by atoms with Crippen LogP contribution < -0.4 is 0 Å². The Morgan fingerprint density at radius 1 is 1.30 bits per heavy atom. The zero-order chi connectivity index (χ0) is 23.9. The van der Waals surface area contributed by atoms with Crippen molar-refractivity contribution < 1.29 is 32.6 Å². The molecule has 1 amide bonds. The van der Waals surface area contributed by atoms with Crippen molar-refractivity contribution in [3.8, 4) is 0 Å². The van der Waals surface area contributed by atoms with Crippen molar-refractivity contribution in [3.05, 3.63) is 52.6 Å². The van der Waals surface area contributed by atoms with Gasteiger partial charge in [-0.3, -0.25) is 9.78 Å². The first-order chi connectivity index (χ1) is 15.6. The Hall–Kier alpha value is -2.88. The van der Waals surface area contributed by atoms with E-state index in [4.69, 9.17) is 4.74 Å². The number of carboxylic acids is 1. The van der Waals surface area contributed by atoms with Crippen molar-refractivity contribution in [2.45, 2.75) is 63.9 Å². The van der Waals surface area contributed by atoms with Crippen LogP contribution in [0.4, 0.5) is 13.2 Å². The van der Waals surface area contributed by atoms with Crippen molar-refractivity contribution >= 4 is 11.9 Å². The summed E-state index contributed by atoms with van der Waals surface area (Å²) in [5, 5.41) is 9.89. The summed E-state index contributed by atoms with van der Waals surface area (Å²) in [5.41, 5.74) is 0.184. The lowest BCUT2D eigenvalue weighted by Crippen LogP contribution is -2.36. The standard InChI is InChI=1S/C23H26F3N3O4/c1-3-15(14-6-7-18(27-12-14)23(24,25)26)20-19-16(22(31)32)11-17(29(19)9-10-33-20)21(30)28-8-4-5-13(28)2/h6-7,11-13,15,20H,3-5,8-10H2,1-2H3,(H,31,32)/t13-,15+,20?/m0/s1. The van der Waals surface area contributed by atoms with Gasteiger partial charge in [0.25, 0.3) is 5.91 Å². The highest BCUT2D eigenvalue weighted by Gasteiger charge is 2.39. The molecular formula is C23H26F3N3O4. The molecule has 4 rings (SSSR count). The Labute approximate surface area is 189 Å². The molecule has 0 saturated carbocycles.